The van der Waals surface area contributed by atoms with Crippen LogP contribution in [0.25, 0.3) is 11.4 Å². The molecule has 0 bridgehead atoms. The molecule has 0 spiro atoms. The van der Waals surface area contributed by atoms with Crippen molar-refractivity contribution in [2.75, 3.05) is 18.4 Å². The van der Waals surface area contributed by atoms with Crippen molar-refractivity contribution in [1.82, 2.24) is 14.9 Å². The zero-order chi connectivity index (χ0) is 16.5. The lowest BCUT2D eigenvalue weighted by Crippen LogP contribution is -2.29. The average molecular weight is 342 g/mol. The molecule has 1 saturated heterocycles. The predicted octanol–water partition coefficient (Wildman–Crippen LogP) is 2.40. The summed E-state index contributed by atoms with van der Waals surface area (Å²) in [5.74, 6) is 0.341. The van der Waals surface area contributed by atoms with Gasteiger partial charge in [-0.1, -0.05) is 6.07 Å². The highest BCUT2D eigenvalue weighted by molar-refractivity contribution is 7.14. The van der Waals surface area contributed by atoms with E-state index >= 15 is 0 Å². The summed E-state index contributed by atoms with van der Waals surface area (Å²) in [6.07, 6.45) is 4.43. The fourth-order valence-corrected chi connectivity index (χ4v) is 3.61. The normalized spacial score (nSPS) is 20.4. The van der Waals surface area contributed by atoms with Crippen LogP contribution in [0.5, 0.6) is 0 Å². The largest absolute Gasteiger partial charge is 0.342 e. The maximum Gasteiger partial charge on any atom is 0.231 e. The molecule has 0 aromatic carbocycles. The van der Waals surface area contributed by atoms with Crippen LogP contribution in [-0.2, 0) is 9.59 Å². The molecule has 2 amide bonds. The lowest BCUT2D eigenvalue weighted by molar-refractivity contribution is -0.128. The minimum Gasteiger partial charge on any atom is -0.342 e. The molecular weight excluding hydrogens is 324 g/mol. The molecule has 1 saturated carbocycles. The molecule has 7 heteroatoms. The van der Waals surface area contributed by atoms with Crippen LogP contribution in [0.15, 0.2) is 29.8 Å². The zero-order valence-corrected chi connectivity index (χ0v) is 14.0. The number of nitrogens with zero attached hydrogens (tertiary/aromatic N) is 3. The highest BCUT2D eigenvalue weighted by Crippen LogP contribution is 2.32. The number of hydrogen-bond acceptors (Lipinski definition) is 5. The van der Waals surface area contributed by atoms with Gasteiger partial charge in [0.05, 0.1) is 11.6 Å². The maximum atomic E-state index is 12.4. The van der Waals surface area contributed by atoms with E-state index in [1.54, 1.807) is 6.20 Å². The summed E-state index contributed by atoms with van der Waals surface area (Å²) in [5, 5.41) is 5.27. The van der Waals surface area contributed by atoms with Gasteiger partial charge < -0.3 is 10.2 Å². The van der Waals surface area contributed by atoms with Crippen LogP contribution in [-0.4, -0.2) is 39.8 Å². The van der Waals surface area contributed by atoms with E-state index in [1.807, 2.05) is 28.5 Å². The summed E-state index contributed by atoms with van der Waals surface area (Å²) in [5.41, 5.74) is 1.52. The molecule has 24 heavy (non-hydrogen) atoms. The van der Waals surface area contributed by atoms with Crippen LogP contribution in [0, 0.1) is 11.8 Å². The Labute approximate surface area is 143 Å². The molecule has 1 aliphatic carbocycles. The van der Waals surface area contributed by atoms with E-state index in [0.717, 1.165) is 17.9 Å². The van der Waals surface area contributed by atoms with E-state index in [0.29, 0.717) is 24.0 Å². The average Bonchev–Trinajstić information content (AvgIpc) is 3.16. The first-order chi connectivity index (χ1) is 11.7. The Kier molecular flexibility index (Phi) is 4.02. The minimum atomic E-state index is -0.279. The second kappa shape index (κ2) is 6.32. The first-order valence-corrected chi connectivity index (χ1v) is 9.02. The van der Waals surface area contributed by atoms with Gasteiger partial charge in [-0.3, -0.25) is 14.6 Å². The van der Waals surface area contributed by atoms with Crippen molar-refractivity contribution in [3.8, 4) is 11.4 Å². The van der Waals surface area contributed by atoms with Crippen molar-refractivity contribution >= 4 is 28.3 Å². The Morgan fingerprint density at radius 3 is 2.96 bits per heavy atom. The molecule has 3 heterocycles. The molecule has 1 atom stereocenters. The van der Waals surface area contributed by atoms with Crippen molar-refractivity contribution in [1.29, 1.82) is 0 Å². The maximum absolute atomic E-state index is 12.4. The van der Waals surface area contributed by atoms with Crippen molar-refractivity contribution < 1.29 is 9.59 Å². The Morgan fingerprint density at radius 1 is 1.33 bits per heavy atom. The molecule has 1 aliphatic heterocycles. The van der Waals surface area contributed by atoms with E-state index in [4.69, 9.17) is 0 Å². The van der Waals surface area contributed by atoms with Crippen molar-refractivity contribution in [2.24, 2.45) is 11.8 Å². The number of pyridine rings is 1. The van der Waals surface area contributed by atoms with E-state index in [9.17, 15) is 9.59 Å². The summed E-state index contributed by atoms with van der Waals surface area (Å²) in [6.45, 7) is 1.34. The second-order valence-corrected chi connectivity index (χ2v) is 7.24. The number of carbonyl (C=O) groups is 2. The molecule has 0 unspecified atom stereocenters. The van der Waals surface area contributed by atoms with Crippen LogP contribution in [0.2, 0.25) is 0 Å². The number of anilines is 1. The number of amides is 2. The van der Waals surface area contributed by atoms with E-state index in [1.165, 1.54) is 24.2 Å². The van der Waals surface area contributed by atoms with Gasteiger partial charge in [0.25, 0.3) is 0 Å². The second-order valence-electron chi connectivity index (χ2n) is 6.39. The fourth-order valence-electron chi connectivity index (χ4n) is 2.91. The van der Waals surface area contributed by atoms with E-state index in [2.05, 4.69) is 15.3 Å². The third-order valence-electron chi connectivity index (χ3n) is 4.42. The molecule has 2 aromatic rings. The number of likely N-dealkylation sites (tertiary alicyclic amines) is 1. The highest BCUT2D eigenvalue weighted by Gasteiger charge is 2.37. The van der Waals surface area contributed by atoms with Gasteiger partial charge in [-0.25, -0.2) is 4.98 Å². The molecule has 2 aliphatic rings. The van der Waals surface area contributed by atoms with Gasteiger partial charge >= 0.3 is 0 Å². The topological polar surface area (TPSA) is 75.2 Å². The first-order valence-electron chi connectivity index (χ1n) is 8.14. The Balaban J connectivity index is 1.38. The lowest BCUT2D eigenvalue weighted by Gasteiger charge is -2.15. The first kappa shape index (κ1) is 15.3. The SMILES string of the molecule is O=C(Nc1nc(-c2ccccn2)cs1)[C@H]1CC(=O)N(CC2CC2)C1. The smallest absolute Gasteiger partial charge is 0.231 e. The zero-order valence-electron chi connectivity index (χ0n) is 13.1. The monoisotopic (exact) mass is 342 g/mol. The molecule has 1 N–H and O–H groups in total. The number of thiazole rings is 1. The third-order valence-corrected chi connectivity index (χ3v) is 5.18. The van der Waals surface area contributed by atoms with Crippen LogP contribution >= 0.6 is 11.3 Å². The molecular formula is C17H18N4O2S. The van der Waals surface area contributed by atoms with Gasteiger partial charge in [0.15, 0.2) is 5.13 Å². The predicted molar refractivity (Wildman–Crippen MR) is 91.4 cm³/mol. The minimum absolute atomic E-state index is 0.0929. The number of aromatic nitrogens is 2. The molecule has 6 nitrogen and oxygen atoms in total. The van der Waals surface area contributed by atoms with Crippen LogP contribution in [0.4, 0.5) is 5.13 Å². The lowest BCUT2D eigenvalue weighted by atomic mass is 10.1. The summed E-state index contributed by atoms with van der Waals surface area (Å²) in [6, 6.07) is 5.63. The summed E-state index contributed by atoms with van der Waals surface area (Å²) in [4.78, 5) is 34.9. The van der Waals surface area contributed by atoms with Crippen molar-refractivity contribution in [3.05, 3.63) is 29.8 Å². The molecule has 2 fully saturated rings. The molecule has 0 radical (unpaired) electrons. The van der Waals surface area contributed by atoms with Gasteiger partial charge in [-0.15, -0.1) is 11.3 Å². The number of nitrogens with one attached hydrogen (secondary N) is 1. The highest BCUT2D eigenvalue weighted by atomic mass is 32.1. The number of carbonyl (C=O) groups excluding carboxylic acids is 2. The van der Waals surface area contributed by atoms with Gasteiger partial charge in [0.2, 0.25) is 11.8 Å². The molecule has 2 aromatic heterocycles. The van der Waals surface area contributed by atoms with Crippen molar-refractivity contribution in [2.45, 2.75) is 19.3 Å². The van der Waals surface area contributed by atoms with E-state index in [-0.39, 0.29) is 17.7 Å². The van der Waals surface area contributed by atoms with Crippen LogP contribution in [0.3, 0.4) is 0 Å². The summed E-state index contributed by atoms with van der Waals surface area (Å²) in [7, 11) is 0. The van der Waals surface area contributed by atoms with Gasteiger partial charge in [0.1, 0.15) is 5.69 Å². The Hall–Kier alpha value is -2.28. The van der Waals surface area contributed by atoms with Gasteiger partial charge in [-0.05, 0) is 30.9 Å². The Morgan fingerprint density at radius 2 is 2.21 bits per heavy atom. The molecule has 4 rings (SSSR count). The molecule has 124 valence electrons. The Bertz CT molecular complexity index is 757. The summed E-state index contributed by atoms with van der Waals surface area (Å²) >= 11 is 1.37. The van der Waals surface area contributed by atoms with Gasteiger partial charge in [-0.2, -0.15) is 0 Å². The van der Waals surface area contributed by atoms with Crippen molar-refractivity contribution in [3.63, 3.8) is 0 Å². The van der Waals surface area contributed by atoms with Crippen LogP contribution in [0.1, 0.15) is 19.3 Å². The fraction of sp³-hybridized carbons (Fsp3) is 0.412. The third kappa shape index (κ3) is 3.31. The van der Waals surface area contributed by atoms with Gasteiger partial charge in [0, 0.05) is 31.1 Å². The van der Waals surface area contributed by atoms with E-state index < -0.39 is 0 Å². The quantitative estimate of drug-likeness (QED) is 0.905. The number of hydrogen-bond donors (Lipinski definition) is 1. The summed E-state index contributed by atoms with van der Waals surface area (Å²) < 4.78 is 0. The number of rotatable bonds is 5. The van der Waals surface area contributed by atoms with Crippen LogP contribution < -0.4 is 5.32 Å². The standard InChI is InChI=1S/C17H18N4O2S/c22-15-7-12(9-21(15)8-11-4-5-11)16(23)20-17-19-14(10-24-17)13-3-1-2-6-18-13/h1-3,6,10-12H,4-5,7-9H2,(H,19,20,23)/t12-/m0/s1.